The number of aliphatic hydroxyl groups excluding tert-OH is 4. The third-order valence-electron chi connectivity index (χ3n) is 6.38. The number of unbranched alkanes of at least 4 members (excludes halogenated alkanes) is 1. The molecular weight excluding hydrogens is 687 g/mol. The average Bonchev–Trinajstić information content (AvgIpc) is 2.90. The lowest BCUT2D eigenvalue weighted by Gasteiger charge is -2.42. The van der Waals surface area contributed by atoms with Gasteiger partial charge in [0.15, 0.2) is 6.29 Å². The molecule has 1 rings (SSSR count). The molecule has 1 aliphatic rings. The van der Waals surface area contributed by atoms with Crippen LogP contribution in [0.5, 0.6) is 0 Å². The number of aliphatic hydroxyl groups is 4. The number of alkyl halides is 17. The Morgan fingerprint density at radius 2 is 0.933 bits per heavy atom. The maximum absolute atomic E-state index is 13.8. The number of hydrogen-bond donors (Lipinski definition) is 4. The minimum atomic E-state index is -8.67. The molecule has 0 aromatic rings. The SMILES string of the molecule is OC[C@H]1O[C@@H](OCCCCOCCCC(F)(F)C(F)(F)C(F)(F)C(F)(F)C(F)(F)C(F)(F)C(F)(F)C(F)(F)F)[C@@H](O)[C@@H](O)[C@@H]1O. The third-order valence-corrected chi connectivity index (χ3v) is 6.38. The number of rotatable bonds is 17. The molecule has 24 heteroatoms. The molecule has 7 nitrogen and oxygen atoms in total. The zero-order valence-corrected chi connectivity index (χ0v) is 22.0. The molecule has 0 aromatic heterocycles. The molecule has 0 radical (unpaired) electrons. The fourth-order valence-electron chi connectivity index (χ4n) is 3.56. The molecule has 45 heavy (non-hydrogen) atoms. The van der Waals surface area contributed by atoms with E-state index < -0.39 is 111 Å². The smallest absolute Gasteiger partial charge is 0.394 e. The molecule has 1 saturated heterocycles. The summed E-state index contributed by atoms with van der Waals surface area (Å²) in [5.41, 5.74) is 0. The third kappa shape index (κ3) is 7.50. The van der Waals surface area contributed by atoms with E-state index in [1.807, 2.05) is 0 Å². The Morgan fingerprint density at radius 1 is 0.511 bits per heavy atom. The largest absolute Gasteiger partial charge is 0.460 e. The van der Waals surface area contributed by atoms with Crippen LogP contribution in [0, 0.1) is 0 Å². The Morgan fingerprint density at radius 3 is 1.40 bits per heavy atom. The van der Waals surface area contributed by atoms with Crippen molar-refractivity contribution in [2.75, 3.05) is 26.4 Å². The van der Waals surface area contributed by atoms with Crippen LogP contribution in [0.4, 0.5) is 74.6 Å². The molecule has 0 unspecified atom stereocenters. The topological polar surface area (TPSA) is 109 Å². The minimum absolute atomic E-state index is 0.00319. The quantitative estimate of drug-likeness (QED) is 0.131. The highest BCUT2D eigenvalue weighted by molar-refractivity contribution is 5.15. The van der Waals surface area contributed by atoms with E-state index >= 15 is 0 Å². The van der Waals surface area contributed by atoms with E-state index in [0.29, 0.717) is 0 Å². The van der Waals surface area contributed by atoms with Crippen molar-refractivity contribution in [1.82, 2.24) is 0 Å². The van der Waals surface area contributed by atoms with Crippen molar-refractivity contribution in [2.24, 2.45) is 0 Å². The van der Waals surface area contributed by atoms with Gasteiger partial charge >= 0.3 is 47.6 Å². The van der Waals surface area contributed by atoms with E-state index in [-0.39, 0.29) is 19.4 Å². The monoisotopic (exact) mass is 712 g/mol. The van der Waals surface area contributed by atoms with Gasteiger partial charge in [0.05, 0.1) is 6.61 Å². The van der Waals surface area contributed by atoms with Gasteiger partial charge in [-0.1, -0.05) is 0 Å². The Bertz CT molecular complexity index is 945. The van der Waals surface area contributed by atoms with Crippen LogP contribution in [-0.4, -0.2) is 125 Å². The Hall–Kier alpha value is -1.47. The fourth-order valence-corrected chi connectivity index (χ4v) is 3.56. The van der Waals surface area contributed by atoms with E-state index in [4.69, 9.17) is 14.6 Å². The van der Waals surface area contributed by atoms with Gasteiger partial charge < -0.3 is 34.6 Å². The maximum Gasteiger partial charge on any atom is 0.460 e. The first-order chi connectivity index (χ1) is 20.0. The second-order valence-electron chi connectivity index (χ2n) is 9.64. The van der Waals surface area contributed by atoms with Crippen molar-refractivity contribution in [1.29, 1.82) is 0 Å². The first-order valence-corrected chi connectivity index (χ1v) is 12.2. The van der Waals surface area contributed by atoms with E-state index in [2.05, 4.69) is 4.74 Å². The molecule has 1 aliphatic heterocycles. The molecule has 1 fully saturated rings. The molecule has 0 saturated carbocycles. The summed E-state index contributed by atoms with van der Waals surface area (Å²) in [6.07, 6.45) is -19.9. The lowest BCUT2D eigenvalue weighted by Crippen LogP contribution is -2.74. The second-order valence-corrected chi connectivity index (χ2v) is 9.64. The molecule has 0 amide bonds. The predicted molar refractivity (Wildman–Crippen MR) is 110 cm³/mol. The normalized spacial score (nSPS) is 25.1. The van der Waals surface area contributed by atoms with Crippen LogP contribution >= 0.6 is 0 Å². The second kappa shape index (κ2) is 13.9. The van der Waals surface area contributed by atoms with Crippen LogP contribution in [0.15, 0.2) is 0 Å². The van der Waals surface area contributed by atoms with Gasteiger partial charge in [-0.25, -0.2) is 0 Å². The first-order valence-electron chi connectivity index (χ1n) is 12.2. The highest BCUT2D eigenvalue weighted by atomic mass is 19.4. The Labute approximate surface area is 240 Å². The zero-order chi connectivity index (χ0) is 35.7. The van der Waals surface area contributed by atoms with Gasteiger partial charge in [0.1, 0.15) is 24.4 Å². The summed E-state index contributed by atoms with van der Waals surface area (Å²) in [5.74, 6) is -56.6. The Kier molecular flexibility index (Phi) is 12.9. The summed E-state index contributed by atoms with van der Waals surface area (Å²) in [5, 5.41) is 38.1. The molecule has 4 N–H and O–H groups in total. The van der Waals surface area contributed by atoms with Crippen molar-refractivity contribution in [3.63, 3.8) is 0 Å². The summed E-state index contributed by atoms with van der Waals surface area (Å²) in [4.78, 5) is 0. The van der Waals surface area contributed by atoms with Crippen LogP contribution in [0.25, 0.3) is 0 Å². The molecule has 0 bridgehead atoms. The van der Waals surface area contributed by atoms with Gasteiger partial charge in [-0.05, 0) is 19.3 Å². The summed E-state index contributed by atoms with van der Waals surface area (Å²) in [6.45, 7) is -2.51. The summed E-state index contributed by atoms with van der Waals surface area (Å²) >= 11 is 0. The Balaban J connectivity index is 2.73. The predicted octanol–water partition coefficient (Wildman–Crippen LogP) is 4.39. The zero-order valence-electron chi connectivity index (χ0n) is 22.0. The molecule has 0 spiro atoms. The van der Waals surface area contributed by atoms with Gasteiger partial charge in [0.25, 0.3) is 0 Å². The molecule has 1 heterocycles. The molecule has 5 atom stereocenters. The van der Waals surface area contributed by atoms with Gasteiger partial charge in [0, 0.05) is 26.2 Å². The fraction of sp³-hybridized carbons (Fsp3) is 1.00. The van der Waals surface area contributed by atoms with Crippen molar-refractivity contribution in [3.05, 3.63) is 0 Å². The summed E-state index contributed by atoms with van der Waals surface area (Å²) in [6, 6.07) is 0. The van der Waals surface area contributed by atoms with Crippen molar-refractivity contribution < 1.29 is 109 Å². The van der Waals surface area contributed by atoms with E-state index in [0.717, 1.165) is 0 Å². The van der Waals surface area contributed by atoms with E-state index in [1.165, 1.54) is 0 Å². The van der Waals surface area contributed by atoms with Crippen LogP contribution in [0.1, 0.15) is 25.7 Å². The molecule has 0 aromatic carbocycles. The lowest BCUT2D eigenvalue weighted by molar-refractivity contribution is -0.461. The van der Waals surface area contributed by atoms with Gasteiger partial charge in [0.2, 0.25) is 0 Å². The van der Waals surface area contributed by atoms with Crippen LogP contribution < -0.4 is 0 Å². The van der Waals surface area contributed by atoms with Gasteiger partial charge in [-0.15, -0.1) is 0 Å². The van der Waals surface area contributed by atoms with Crippen LogP contribution in [-0.2, 0) is 14.2 Å². The molecule has 0 aliphatic carbocycles. The molecule has 270 valence electrons. The van der Waals surface area contributed by atoms with Crippen LogP contribution in [0.2, 0.25) is 0 Å². The van der Waals surface area contributed by atoms with E-state index in [1.54, 1.807) is 0 Å². The number of halogens is 17. The van der Waals surface area contributed by atoms with Crippen molar-refractivity contribution in [2.45, 2.75) is 104 Å². The van der Waals surface area contributed by atoms with Gasteiger partial charge in [-0.3, -0.25) is 0 Å². The maximum atomic E-state index is 13.8. The van der Waals surface area contributed by atoms with Crippen molar-refractivity contribution >= 4 is 0 Å². The minimum Gasteiger partial charge on any atom is -0.394 e. The average molecular weight is 712 g/mol. The van der Waals surface area contributed by atoms with Gasteiger partial charge in [-0.2, -0.15) is 74.6 Å². The summed E-state index contributed by atoms with van der Waals surface area (Å²) < 4.78 is 240. The highest BCUT2D eigenvalue weighted by Gasteiger charge is 2.95. The molecular formula is C21H25F17O7. The standard InChI is InChI=1S/C21H25F17O7/c22-14(23,4-3-6-43-5-1-2-7-44-13-12(42)11(41)10(40)9(8-39)45-13)15(24,25)16(26,27)17(28,29)18(30,31)19(32,33)20(34,35)21(36,37)38/h9-13,39-42H,1-8H2/t9-,10-,11+,12+,13-/m1/s1. The summed E-state index contributed by atoms with van der Waals surface area (Å²) in [7, 11) is 0. The first kappa shape index (κ1) is 41.6. The number of hydrogen-bond acceptors (Lipinski definition) is 7. The van der Waals surface area contributed by atoms with Crippen LogP contribution in [0.3, 0.4) is 0 Å². The lowest BCUT2D eigenvalue weighted by atomic mass is 9.88. The number of ether oxygens (including phenoxy) is 3. The highest BCUT2D eigenvalue weighted by Crippen LogP contribution is 2.64. The van der Waals surface area contributed by atoms with E-state index in [9.17, 15) is 90.0 Å². The van der Waals surface area contributed by atoms with Crippen molar-refractivity contribution in [3.8, 4) is 0 Å².